The van der Waals surface area contributed by atoms with Crippen molar-refractivity contribution in [3.8, 4) is 11.3 Å². The molecule has 5 heterocycles. The number of ether oxygens (including phenoxy) is 4. The molecule has 6 rings (SSSR count). The van der Waals surface area contributed by atoms with Gasteiger partial charge in [-0.2, -0.15) is 0 Å². The number of methoxy groups -OCH3 is 2. The van der Waals surface area contributed by atoms with E-state index >= 15 is 0 Å². The quantitative estimate of drug-likeness (QED) is 0.213. The van der Waals surface area contributed by atoms with E-state index in [1.54, 1.807) is 22.2 Å². The summed E-state index contributed by atoms with van der Waals surface area (Å²) in [6.07, 6.45) is 4.98. The van der Waals surface area contributed by atoms with Crippen LogP contribution < -0.4 is 10.6 Å². The van der Waals surface area contributed by atoms with Crippen molar-refractivity contribution in [2.75, 3.05) is 40.5 Å². The molecule has 4 atom stereocenters. The second-order valence-corrected chi connectivity index (χ2v) is 14.8. The van der Waals surface area contributed by atoms with Gasteiger partial charge in [0.05, 0.1) is 51.4 Å². The minimum atomic E-state index is -0.697. The molecule has 0 spiro atoms. The van der Waals surface area contributed by atoms with E-state index in [-0.39, 0.29) is 41.7 Å². The first-order valence-electron chi connectivity index (χ1n) is 18.7. The summed E-state index contributed by atoms with van der Waals surface area (Å²) in [7, 11) is 2.57. The molecule has 0 radical (unpaired) electrons. The Hall–Kier alpha value is -4.96. The van der Waals surface area contributed by atoms with Crippen LogP contribution in [0.25, 0.3) is 11.3 Å². The number of hydrogen-bond donors (Lipinski definition) is 4. The van der Waals surface area contributed by atoms with E-state index in [1.165, 1.54) is 14.2 Å². The molecule has 0 aliphatic carbocycles. The zero-order valence-electron chi connectivity index (χ0n) is 31.8. The Kier molecular flexibility index (Phi) is 12.2. The molecule has 16 nitrogen and oxygen atoms in total. The third-order valence-corrected chi connectivity index (χ3v) is 10.5. The van der Waals surface area contributed by atoms with Crippen molar-refractivity contribution < 1.29 is 38.1 Å². The fraction of sp³-hybridized carbons (Fsp3) is 0.579. The highest BCUT2D eigenvalue weighted by atomic mass is 16.7. The molecule has 4 N–H and O–H groups in total. The SMILES string of the molecule is COC(=O)N[C@@H](C(=O)N1CCC[C@@H]1c1ncc(-c2ccc(C3OCC(c4cnc([C@H]5CCCN5C(=O)[C@H](NC(=O)OC)C(C)C)[nH]4)CO3)cc2)[nH]1)C(C)C. The van der Waals surface area contributed by atoms with Crippen LogP contribution in [0, 0.1) is 11.8 Å². The van der Waals surface area contributed by atoms with Gasteiger partial charge in [-0.1, -0.05) is 52.0 Å². The predicted molar refractivity (Wildman–Crippen MR) is 196 cm³/mol. The van der Waals surface area contributed by atoms with Crippen molar-refractivity contribution in [2.24, 2.45) is 11.8 Å². The summed E-state index contributed by atoms with van der Waals surface area (Å²) in [4.78, 5) is 70.6. The van der Waals surface area contributed by atoms with Crippen molar-refractivity contribution >= 4 is 24.0 Å². The number of rotatable bonds is 11. The van der Waals surface area contributed by atoms with Crippen molar-refractivity contribution in [3.63, 3.8) is 0 Å². The predicted octanol–water partition coefficient (Wildman–Crippen LogP) is 4.72. The van der Waals surface area contributed by atoms with E-state index in [0.29, 0.717) is 38.0 Å². The van der Waals surface area contributed by atoms with E-state index in [9.17, 15) is 19.2 Å². The van der Waals surface area contributed by atoms with Gasteiger partial charge in [0.15, 0.2) is 6.29 Å². The normalized spacial score (nSPS) is 22.7. The molecule has 3 aliphatic heterocycles. The molecule has 54 heavy (non-hydrogen) atoms. The molecule has 3 saturated heterocycles. The fourth-order valence-corrected chi connectivity index (χ4v) is 7.46. The number of nitrogens with one attached hydrogen (secondary N) is 4. The highest BCUT2D eigenvalue weighted by Gasteiger charge is 2.39. The Labute approximate surface area is 315 Å². The molecule has 3 aliphatic rings. The summed E-state index contributed by atoms with van der Waals surface area (Å²) in [5.41, 5.74) is 3.52. The second-order valence-electron chi connectivity index (χ2n) is 14.8. The number of benzene rings is 1. The summed E-state index contributed by atoms with van der Waals surface area (Å²) >= 11 is 0. The highest BCUT2D eigenvalue weighted by molar-refractivity contribution is 5.87. The number of imidazole rings is 2. The number of likely N-dealkylation sites (tertiary alicyclic amines) is 2. The molecular weight excluding hydrogens is 696 g/mol. The number of aromatic nitrogens is 4. The summed E-state index contributed by atoms with van der Waals surface area (Å²) in [6, 6.07) is 6.07. The minimum absolute atomic E-state index is 0.0609. The molecule has 3 aromatic rings. The molecule has 3 fully saturated rings. The molecule has 292 valence electrons. The van der Waals surface area contributed by atoms with Gasteiger partial charge < -0.3 is 49.3 Å². The van der Waals surface area contributed by atoms with Gasteiger partial charge in [-0.3, -0.25) is 9.59 Å². The fourth-order valence-electron chi connectivity index (χ4n) is 7.46. The number of hydrogen-bond acceptors (Lipinski definition) is 10. The molecule has 4 amide bonds. The number of nitrogens with zero attached hydrogens (tertiary/aromatic N) is 4. The third-order valence-electron chi connectivity index (χ3n) is 10.5. The van der Waals surface area contributed by atoms with E-state index in [4.69, 9.17) is 18.9 Å². The van der Waals surface area contributed by atoms with Crippen molar-refractivity contribution in [2.45, 2.75) is 89.8 Å². The highest BCUT2D eigenvalue weighted by Crippen LogP contribution is 2.36. The van der Waals surface area contributed by atoms with Crippen LogP contribution >= 0.6 is 0 Å². The Morgan fingerprint density at radius 3 is 1.76 bits per heavy atom. The van der Waals surface area contributed by atoms with Crippen LogP contribution in [0.3, 0.4) is 0 Å². The van der Waals surface area contributed by atoms with Crippen LogP contribution in [0.15, 0.2) is 36.7 Å². The number of H-pyrrole nitrogens is 2. The van der Waals surface area contributed by atoms with E-state index < -0.39 is 30.6 Å². The zero-order valence-corrected chi connectivity index (χ0v) is 31.8. The average molecular weight is 749 g/mol. The van der Waals surface area contributed by atoms with E-state index in [1.807, 2.05) is 52.0 Å². The summed E-state index contributed by atoms with van der Waals surface area (Å²) in [5.74, 6) is 0.822. The molecule has 16 heteroatoms. The molecular formula is C38H52N8O8. The average Bonchev–Trinajstić information content (AvgIpc) is 4.02. The first-order chi connectivity index (χ1) is 26.0. The van der Waals surface area contributed by atoms with Gasteiger partial charge in [0.1, 0.15) is 23.7 Å². The van der Waals surface area contributed by atoms with E-state index in [0.717, 1.165) is 48.2 Å². The smallest absolute Gasteiger partial charge is 0.407 e. The van der Waals surface area contributed by atoms with Gasteiger partial charge in [0, 0.05) is 36.5 Å². The maximum absolute atomic E-state index is 13.5. The molecule has 0 bridgehead atoms. The number of carbonyl (C=O) groups excluding carboxylic acids is 4. The molecule has 1 aromatic carbocycles. The lowest BCUT2D eigenvalue weighted by Crippen LogP contribution is -2.51. The number of aromatic amines is 2. The lowest BCUT2D eigenvalue weighted by atomic mass is 10.0. The van der Waals surface area contributed by atoms with Crippen LogP contribution in [0.2, 0.25) is 0 Å². The zero-order chi connectivity index (χ0) is 38.5. The van der Waals surface area contributed by atoms with Crippen LogP contribution in [0.1, 0.15) is 101 Å². The van der Waals surface area contributed by atoms with Gasteiger partial charge in [-0.15, -0.1) is 0 Å². The summed E-state index contributed by atoms with van der Waals surface area (Å²) in [5, 5.41) is 5.37. The third kappa shape index (κ3) is 8.39. The lowest BCUT2D eigenvalue weighted by molar-refractivity contribution is -0.192. The topological polar surface area (TPSA) is 193 Å². The van der Waals surface area contributed by atoms with Gasteiger partial charge in [0.2, 0.25) is 11.8 Å². The first kappa shape index (κ1) is 38.8. The Balaban J connectivity index is 1.04. The van der Waals surface area contributed by atoms with Crippen molar-refractivity contribution in [1.29, 1.82) is 0 Å². The summed E-state index contributed by atoms with van der Waals surface area (Å²) < 4.78 is 21.8. The number of carbonyl (C=O) groups is 4. The standard InChI is InChI=1S/C38H52N8O8/c1-21(2)30(43-37(49)51-5)34(47)45-15-7-9-28(45)32-39-17-26(41-32)23-11-13-24(14-12-23)36-53-19-25(20-54-36)27-18-40-33(42-27)29-10-8-16-46(29)35(48)31(22(3)4)44-38(50)52-6/h11-14,17-18,21-22,25,28-31,36H,7-10,15-16,19-20H2,1-6H3,(H,39,41)(H,40,42)(H,43,49)(H,44,50)/t25?,28-,29-,30-,31-,36?/m1/s1. The van der Waals surface area contributed by atoms with Gasteiger partial charge in [0.25, 0.3) is 0 Å². The lowest BCUT2D eigenvalue weighted by Gasteiger charge is -2.30. The molecule has 0 saturated carbocycles. The Bertz CT molecular complexity index is 1770. The van der Waals surface area contributed by atoms with Crippen LogP contribution in [0.5, 0.6) is 0 Å². The Morgan fingerprint density at radius 2 is 1.26 bits per heavy atom. The van der Waals surface area contributed by atoms with Gasteiger partial charge in [-0.05, 0) is 43.1 Å². The van der Waals surface area contributed by atoms with Crippen LogP contribution in [0.4, 0.5) is 9.59 Å². The van der Waals surface area contributed by atoms with Gasteiger partial charge in [-0.25, -0.2) is 19.6 Å². The minimum Gasteiger partial charge on any atom is -0.453 e. The maximum Gasteiger partial charge on any atom is 0.407 e. The molecule has 0 unspecified atom stereocenters. The summed E-state index contributed by atoms with van der Waals surface area (Å²) in [6.45, 7) is 9.58. The van der Waals surface area contributed by atoms with Crippen molar-refractivity contribution in [3.05, 3.63) is 59.6 Å². The number of alkyl carbamates (subject to hydrolysis) is 2. The first-order valence-corrected chi connectivity index (χ1v) is 18.7. The van der Waals surface area contributed by atoms with Crippen molar-refractivity contribution in [1.82, 2.24) is 40.4 Å². The number of amides is 4. The Morgan fingerprint density at radius 1 is 0.759 bits per heavy atom. The van der Waals surface area contributed by atoms with Crippen LogP contribution in [-0.4, -0.2) is 106 Å². The van der Waals surface area contributed by atoms with E-state index in [2.05, 4.69) is 30.6 Å². The second kappa shape index (κ2) is 17.0. The van der Waals surface area contributed by atoms with Crippen LogP contribution in [-0.2, 0) is 28.5 Å². The largest absolute Gasteiger partial charge is 0.453 e. The van der Waals surface area contributed by atoms with Gasteiger partial charge >= 0.3 is 12.2 Å². The molecule has 2 aromatic heterocycles. The maximum atomic E-state index is 13.5. The monoisotopic (exact) mass is 748 g/mol.